The smallest absolute Gasteiger partial charge is 0.418 e. The van der Waals surface area contributed by atoms with Crippen LogP contribution in [0.15, 0.2) is 72.6 Å². The summed E-state index contributed by atoms with van der Waals surface area (Å²) in [5.41, 5.74) is 2.18. The largest absolute Gasteiger partial charge is 0.512 e. The van der Waals surface area contributed by atoms with Crippen molar-refractivity contribution in [1.29, 1.82) is 0 Å². The molecular weight excluding hydrogens is 937 g/mol. The number of benzene rings is 3. The molecule has 3 aromatic carbocycles. The molecule has 1 N–H and O–H groups in total. The molecule has 0 aliphatic heterocycles. The van der Waals surface area contributed by atoms with E-state index in [0.717, 1.165) is 73.1 Å². The van der Waals surface area contributed by atoms with Gasteiger partial charge in [-0.25, -0.2) is 0 Å². The van der Waals surface area contributed by atoms with Crippen LogP contribution in [-0.4, -0.2) is 17.1 Å². The molecule has 5 rings (SSSR count). The number of aromatic nitrogens is 1. The van der Waals surface area contributed by atoms with E-state index in [4.69, 9.17) is 0 Å². The zero-order valence-electron chi connectivity index (χ0n) is 33.8. The maximum atomic E-state index is 14.8. The second-order valence-corrected chi connectivity index (χ2v) is 16.2. The first kappa shape index (κ1) is 47.6. The van der Waals surface area contributed by atoms with Crippen LogP contribution in [0.1, 0.15) is 95.0 Å². The summed E-state index contributed by atoms with van der Waals surface area (Å²) in [5.74, 6) is 0.547. The molecule has 0 atom stereocenters. The number of aliphatic hydroxyl groups excluding tert-OH is 1. The predicted octanol–water partition coefficient (Wildman–Crippen LogP) is 14.1. The first-order valence-electron chi connectivity index (χ1n) is 19.0. The van der Waals surface area contributed by atoms with Gasteiger partial charge in [0.2, 0.25) is 0 Å². The number of hydrogen-bond acceptors (Lipinski definition) is 3. The second-order valence-electron chi connectivity index (χ2n) is 15.2. The number of allylic oxidation sites excluding steroid dienone is 2. The van der Waals surface area contributed by atoms with Crippen molar-refractivity contribution in [3.05, 3.63) is 114 Å². The third-order valence-corrected chi connectivity index (χ3v) is 12.0. The number of pyridine rings is 1. The van der Waals surface area contributed by atoms with Crippen LogP contribution >= 0.6 is 11.3 Å². The van der Waals surface area contributed by atoms with Crippen LogP contribution in [0.2, 0.25) is 0 Å². The summed E-state index contributed by atoms with van der Waals surface area (Å²) in [4.78, 5) is 11.7. The Morgan fingerprint density at radius 3 is 1.91 bits per heavy atom. The number of hydrogen-bond donors (Lipinski definition) is 1. The van der Waals surface area contributed by atoms with E-state index in [0.29, 0.717) is 26.7 Å². The number of aryl methyl sites for hydroxylation is 2. The number of carbonyl (C=O) groups excluding carboxylic acids is 1. The molecule has 0 aliphatic carbocycles. The average molecular weight is 989 g/mol. The van der Waals surface area contributed by atoms with Gasteiger partial charge in [0.25, 0.3) is 0 Å². The van der Waals surface area contributed by atoms with Crippen LogP contribution in [0, 0.1) is 45.1 Å². The van der Waals surface area contributed by atoms with Gasteiger partial charge in [-0.05, 0) is 72.6 Å². The summed E-state index contributed by atoms with van der Waals surface area (Å²) < 4.78 is 86.8. The van der Waals surface area contributed by atoms with Crippen molar-refractivity contribution < 1.29 is 60.9 Å². The number of rotatable bonds is 11. The topological polar surface area (TPSA) is 41.2 Å². The van der Waals surface area contributed by atoms with Crippen LogP contribution in [0.5, 0.6) is 0 Å². The number of alkyl halides is 6. The Kier molecular flexibility index (Phi) is 15.7. The van der Waals surface area contributed by atoms with Crippen molar-refractivity contribution in [1.82, 2.24) is 0 Å². The predicted molar refractivity (Wildman–Crippen MR) is 217 cm³/mol. The molecule has 0 aliphatic rings. The van der Waals surface area contributed by atoms with Crippen LogP contribution in [0.25, 0.3) is 42.6 Å². The number of aliphatic hydroxyl groups is 1. The van der Waals surface area contributed by atoms with Gasteiger partial charge in [-0.2, -0.15) is 44.4 Å². The maximum Gasteiger partial charge on any atom is 0.418 e. The van der Waals surface area contributed by atoms with Gasteiger partial charge in [0, 0.05) is 54.5 Å². The molecule has 0 unspecified atom stereocenters. The number of halogens is 6. The van der Waals surface area contributed by atoms with Gasteiger partial charge < -0.3 is 9.67 Å². The Morgan fingerprint density at radius 1 is 0.825 bits per heavy atom. The van der Waals surface area contributed by atoms with Gasteiger partial charge in [0.1, 0.15) is 0 Å². The van der Waals surface area contributed by atoms with E-state index in [-0.39, 0.29) is 65.7 Å². The Hall–Kier alpha value is -3.79. The first-order chi connectivity index (χ1) is 26.1. The standard InChI is InChI=1S/C33H28F6NS.C13H24O2.Ir/c1-18-15-19(2)20(3)26(16-18)28-30-25(13-14-40(28)6)24-12-11-23(27(29(24)41-30)32(34,35)36)22-9-7-21(8-10-22)17-31(4,5)33(37,38)39;1-5-10(6-2)12(14)9-13(15)11(7-3)8-4;/h7-16H,3,6,17H2,1-2,4-5H3;9-11,14H,5-8H2,1-4H3;/q-1;;/b;12-9-;. The number of thiophene rings is 1. The molecular formula is C46H52F6IrNO2S-. The molecule has 0 amide bonds. The van der Waals surface area contributed by atoms with E-state index >= 15 is 0 Å². The molecule has 2 heterocycles. The van der Waals surface area contributed by atoms with Crippen molar-refractivity contribution in [3.63, 3.8) is 0 Å². The monoisotopic (exact) mass is 989 g/mol. The molecule has 3 nitrogen and oxygen atoms in total. The first-order valence-corrected chi connectivity index (χ1v) is 19.8. The van der Waals surface area contributed by atoms with E-state index in [1.165, 1.54) is 36.4 Å². The summed E-state index contributed by atoms with van der Waals surface area (Å²) in [7, 11) is 4.11. The fraction of sp³-hybridized carbons (Fsp3) is 0.391. The molecule has 1 radical (unpaired) electrons. The van der Waals surface area contributed by atoms with Crippen molar-refractivity contribution in [2.75, 3.05) is 0 Å². The molecule has 0 saturated carbocycles. The molecule has 5 aromatic rings. The molecule has 311 valence electrons. The quantitative estimate of drug-likeness (QED) is 0.0471. The molecule has 0 fully saturated rings. The van der Waals surface area contributed by atoms with Crippen LogP contribution in [0.3, 0.4) is 0 Å². The average Bonchev–Trinajstić information content (AvgIpc) is 3.48. The number of fused-ring (bicyclic) bond motifs is 3. The fourth-order valence-corrected chi connectivity index (χ4v) is 8.52. The van der Waals surface area contributed by atoms with Gasteiger partial charge in [0.15, 0.2) is 5.78 Å². The van der Waals surface area contributed by atoms with Crippen LogP contribution in [0.4, 0.5) is 26.3 Å². The summed E-state index contributed by atoms with van der Waals surface area (Å²) in [6, 6.07) is 14.7. The summed E-state index contributed by atoms with van der Waals surface area (Å²) in [6.07, 6.45) is -2.71. The number of nitrogens with zero attached hydrogens (tertiary/aromatic N) is 1. The molecule has 0 bridgehead atoms. The SMILES string of the molecule is CCC(CC)C(=O)/C=C(\O)C(CC)CC.[CH2-]c1c(C)cc(C)cc1-c1c2sc3c(C(F)(F)F)c(-c4ccc(CC(C)(C)C(F)(F)F)cc4)ccc3c2cc[n+]1[CH2-].[Ir]. The van der Waals surface area contributed by atoms with Gasteiger partial charge in [-0.3, -0.25) is 4.79 Å². The van der Waals surface area contributed by atoms with Crippen molar-refractivity contribution >= 4 is 37.3 Å². The van der Waals surface area contributed by atoms with Crippen LogP contribution in [-0.2, 0) is 37.5 Å². The number of ketones is 1. The Balaban J connectivity index is 0.000000464. The maximum absolute atomic E-state index is 14.8. The van der Waals surface area contributed by atoms with E-state index < -0.39 is 23.3 Å². The fourth-order valence-electron chi connectivity index (χ4n) is 7.09. The minimum Gasteiger partial charge on any atom is -0.512 e. The number of carbonyl (C=O) groups is 1. The van der Waals surface area contributed by atoms with E-state index in [2.05, 4.69) is 14.0 Å². The molecule has 11 heteroatoms. The van der Waals surface area contributed by atoms with E-state index in [1.54, 1.807) is 22.9 Å². The molecule has 0 spiro atoms. The zero-order chi connectivity index (χ0) is 41.9. The summed E-state index contributed by atoms with van der Waals surface area (Å²) in [5, 5.41) is 10.9. The van der Waals surface area contributed by atoms with E-state index in [1.807, 2.05) is 53.7 Å². The van der Waals surface area contributed by atoms with Gasteiger partial charge in [-0.15, -0.1) is 29.0 Å². The summed E-state index contributed by atoms with van der Waals surface area (Å²) in [6.45, 7) is 18.4. The minimum atomic E-state index is -4.68. The summed E-state index contributed by atoms with van der Waals surface area (Å²) >= 11 is 1.06. The van der Waals surface area contributed by atoms with Crippen molar-refractivity contribution in [2.45, 2.75) is 99.8 Å². The van der Waals surface area contributed by atoms with Gasteiger partial charge in [-0.1, -0.05) is 90.4 Å². The Labute approximate surface area is 350 Å². The molecule has 0 saturated heterocycles. The molecule has 57 heavy (non-hydrogen) atoms. The minimum absolute atomic E-state index is 0. The normalized spacial score (nSPS) is 12.6. The second kappa shape index (κ2) is 18.9. The Bertz CT molecular complexity index is 2210. The Morgan fingerprint density at radius 2 is 1.39 bits per heavy atom. The molecule has 2 aromatic heterocycles. The van der Waals surface area contributed by atoms with Crippen molar-refractivity contribution in [2.24, 2.45) is 17.3 Å². The van der Waals surface area contributed by atoms with Crippen LogP contribution < -0.4 is 4.57 Å². The van der Waals surface area contributed by atoms with Gasteiger partial charge in [0.05, 0.1) is 28.6 Å². The zero-order valence-corrected chi connectivity index (χ0v) is 37.0. The van der Waals surface area contributed by atoms with Crippen molar-refractivity contribution in [3.8, 4) is 22.4 Å². The third kappa shape index (κ3) is 10.5. The van der Waals surface area contributed by atoms with E-state index in [9.17, 15) is 36.2 Å². The van der Waals surface area contributed by atoms with Gasteiger partial charge >= 0.3 is 12.4 Å². The third-order valence-electron chi connectivity index (χ3n) is 10.7.